The smallest absolute Gasteiger partial charge is 0.426 e. The highest BCUT2D eigenvalue weighted by molar-refractivity contribution is 5.89. The Morgan fingerprint density at radius 1 is 1.19 bits per heavy atom. The molecule has 0 aliphatic carbocycles. The van der Waals surface area contributed by atoms with Gasteiger partial charge in [0.2, 0.25) is 5.91 Å². The lowest BCUT2D eigenvalue weighted by atomic mass is 10.1. The van der Waals surface area contributed by atoms with Crippen molar-refractivity contribution >= 4 is 23.4 Å². The number of anilines is 1. The van der Waals surface area contributed by atoms with Crippen LogP contribution in [0.4, 0.5) is 10.5 Å². The summed E-state index contributed by atoms with van der Waals surface area (Å²) in [5.41, 5.74) is 6.37. The Balaban J connectivity index is 2.60. The Morgan fingerprint density at radius 3 is 2.43 bits per heavy atom. The number of ether oxygens (including phenoxy) is 1. The third-order valence-corrected chi connectivity index (χ3v) is 2.25. The number of amides is 2. The van der Waals surface area contributed by atoms with Crippen LogP contribution in [0.5, 0.6) is 0 Å². The first kappa shape index (κ1) is 16.6. The van der Waals surface area contributed by atoms with E-state index in [1.807, 2.05) is 0 Å². The molecule has 0 atom stereocenters. The molecule has 114 valence electrons. The average molecular weight is 291 g/mol. The number of hydrazine groups is 1. The van der Waals surface area contributed by atoms with Crippen molar-refractivity contribution in [3.63, 3.8) is 0 Å². The molecule has 0 radical (unpaired) electrons. The van der Waals surface area contributed by atoms with E-state index in [0.717, 1.165) is 5.56 Å². The van der Waals surface area contributed by atoms with E-state index in [2.05, 4.69) is 22.7 Å². The maximum atomic E-state index is 11.5. The molecule has 21 heavy (non-hydrogen) atoms. The van der Waals surface area contributed by atoms with Crippen LogP contribution in [0.1, 0.15) is 33.3 Å². The van der Waals surface area contributed by atoms with Crippen molar-refractivity contribution < 1.29 is 14.3 Å². The van der Waals surface area contributed by atoms with Gasteiger partial charge in [-0.15, -0.1) is 0 Å². The van der Waals surface area contributed by atoms with Gasteiger partial charge in [0.05, 0.1) is 5.70 Å². The molecule has 1 aromatic carbocycles. The van der Waals surface area contributed by atoms with E-state index in [1.165, 1.54) is 6.92 Å². The lowest BCUT2D eigenvalue weighted by molar-refractivity contribution is -0.114. The van der Waals surface area contributed by atoms with Crippen molar-refractivity contribution in [1.82, 2.24) is 10.9 Å². The molecule has 6 nitrogen and oxygen atoms in total. The molecule has 0 aliphatic rings. The molecular weight excluding hydrogens is 270 g/mol. The monoisotopic (exact) mass is 291 g/mol. The van der Waals surface area contributed by atoms with E-state index < -0.39 is 11.7 Å². The first-order chi connectivity index (χ1) is 9.67. The second-order valence-corrected chi connectivity index (χ2v) is 5.49. The number of rotatable bonds is 4. The summed E-state index contributed by atoms with van der Waals surface area (Å²) in [6.07, 6.45) is -0.596. The largest absolute Gasteiger partial charge is 0.443 e. The minimum Gasteiger partial charge on any atom is -0.443 e. The van der Waals surface area contributed by atoms with E-state index in [4.69, 9.17) is 4.74 Å². The van der Waals surface area contributed by atoms with Crippen molar-refractivity contribution in [1.29, 1.82) is 0 Å². The van der Waals surface area contributed by atoms with Crippen LogP contribution < -0.4 is 16.2 Å². The quantitative estimate of drug-likeness (QED) is 0.745. The van der Waals surface area contributed by atoms with Crippen LogP contribution >= 0.6 is 0 Å². The molecule has 0 unspecified atom stereocenters. The summed E-state index contributed by atoms with van der Waals surface area (Å²) in [7, 11) is 0. The average Bonchev–Trinajstić information content (AvgIpc) is 2.33. The van der Waals surface area contributed by atoms with Crippen LogP contribution in [-0.4, -0.2) is 17.6 Å². The highest BCUT2D eigenvalue weighted by Gasteiger charge is 2.15. The molecule has 1 aromatic rings. The summed E-state index contributed by atoms with van der Waals surface area (Å²) in [6, 6.07) is 7.09. The van der Waals surface area contributed by atoms with Gasteiger partial charge in [0.25, 0.3) is 0 Å². The molecule has 2 amide bonds. The molecule has 0 saturated heterocycles. The van der Waals surface area contributed by atoms with Crippen LogP contribution in [-0.2, 0) is 9.53 Å². The first-order valence-electron chi connectivity index (χ1n) is 6.49. The molecular formula is C15H21N3O3. The standard InChI is InChI=1S/C15H21N3O3/c1-10(17-18-14(20)21-15(3,4)5)12-7-6-8-13(9-12)16-11(2)19/h6-9,17H,1H2,2-5H3,(H,16,19)(H,18,20). The molecule has 1 rings (SSSR count). The van der Waals surface area contributed by atoms with Crippen molar-refractivity contribution in [2.24, 2.45) is 0 Å². The Labute approximate surface area is 124 Å². The second kappa shape index (κ2) is 6.78. The van der Waals surface area contributed by atoms with E-state index in [0.29, 0.717) is 11.4 Å². The zero-order chi connectivity index (χ0) is 16.0. The van der Waals surface area contributed by atoms with E-state index >= 15 is 0 Å². The van der Waals surface area contributed by atoms with E-state index in [-0.39, 0.29) is 5.91 Å². The summed E-state index contributed by atoms with van der Waals surface area (Å²) < 4.78 is 5.09. The number of carbonyl (C=O) groups excluding carboxylic acids is 2. The number of nitrogens with one attached hydrogen (secondary N) is 3. The maximum absolute atomic E-state index is 11.5. The van der Waals surface area contributed by atoms with Crippen LogP contribution in [0.2, 0.25) is 0 Å². The SMILES string of the molecule is C=C(NNC(=O)OC(C)(C)C)c1cccc(NC(C)=O)c1. The zero-order valence-electron chi connectivity index (χ0n) is 12.7. The van der Waals surface area contributed by atoms with Crippen molar-refractivity contribution in [2.45, 2.75) is 33.3 Å². The lowest BCUT2D eigenvalue weighted by Gasteiger charge is -2.20. The maximum Gasteiger partial charge on any atom is 0.426 e. The van der Waals surface area contributed by atoms with Gasteiger partial charge >= 0.3 is 6.09 Å². The van der Waals surface area contributed by atoms with Gasteiger partial charge in [0.15, 0.2) is 0 Å². The molecule has 6 heteroatoms. The van der Waals surface area contributed by atoms with Crippen LogP contribution in [0.3, 0.4) is 0 Å². The first-order valence-corrected chi connectivity index (χ1v) is 6.49. The van der Waals surface area contributed by atoms with E-state index in [9.17, 15) is 9.59 Å². The Kier molecular flexibility index (Phi) is 5.35. The lowest BCUT2D eigenvalue weighted by Crippen LogP contribution is -2.40. The van der Waals surface area contributed by atoms with Gasteiger partial charge in [0, 0.05) is 18.2 Å². The zero-order valence-corrected chi connectivity index (χ0v) is 12.7. The second-order valence-electron chi connectivity index (χ2n) is 5.49. The van der Waals surface area contributed by atoms with Gasteiger partial charge in [0.1, 0.15) is 5.60 Å². The number of hydrogen-bond donors (Lipinski definition) is 3. The Hall–Kier alpha value is -2.50. The molecule has 0 spiro atoms. The fraction of sp³-hybridized carbons (Fsp3) is 0.333. The van der Waals surface area contributed by atoms with Gasteiger partial charge in [-0.2, -0.15) is 0 Å². The Morgan fingerprint density at radius 2 is 1.86 bits per heavy atom. The van der Waals surface area contributed by atoms with Gasteiger partial charge in [-0.25, -0.2) is 10.2 Å². The topological polar surface area (TPSA) is 79.5 Å². The fourth-order valence-corrected chi connectivity index (χ4v) is 1.49. The third kappa shape index (κ3) is 6.47. The molecule has 0 aromatic heterocycles. The highest BCUT2D eigenvalue weighted by Crippen LogP contribution is 2.15. The summed E-state index contributed by atoms with van der Waals surface area (Å²) in [5.74, 6) is -0.155. The summed E-state index contributed by atoms with van der Waals surface area (Å²) in [5, 5.41) is 2.68. The van der Waals surface area contributed by atoms with E-state index in [1.54, 1.807) is 45.0 Å². The van der Waals surface area contributed by atoms with Gasteiger partial charge in [-0.1, -0.05) is 18.7 Å². The molecule has 3 N–H and O–H groups in total. The minimum atomic E-state index is -0.596. The normalized spacial score (nSPS) is 10.5. The van der Waals surface area contributed by atoms with Crippen LogP contribution in [0.25, 0.3) is 5.70 Å². The summed E-state index contributed by atoms with van der Waals surface area (Å²) in [4.78, 5) is 22.5. The summed E-state index contributed by atoms with van der Waals surface area (Å²) in [6.45, 7) is 10.6. The third-order valence-electron chi connectivity index (χ3n) is 2.25. The molecule has 0 fully saturated rings. The summed E-state index contributed by atoms with van der Waals surface area (Å²) >= 11 is 0. The van der Waals surface area contributed by atoms with Crippen LogP contribution in [0.15, 0.2) is 30.8 Å². The fourth-order valence-electron chi connectivity index (χ4n) is 1.49. The number of carbonyl (C=O) groups is 2. The van der Waals surface area contributed by atoms with Crippen molar-refractivity contribution in [3.05, 3.63) is 36.4 Å². The van der Waals surface area contributed by atoms with Gasteiger partial charge in [-0.3, -0.25) is 10.2 Å². The molecule has 0 saturated carbocycles. The van der Waals surface area contributed by atoms with Crippen molar-refractivity contribution in [3.8, 4) is 0 Å². The van der Waals surface area contributed by atoms with Gasteiger partial charge in [-0.05, 0) is 32.9 Å². The highest BCUT2D eigenvalue weighted by atomic mass is 16.6. The van der Waals surface area contributed by atoms with Crippen molar-refractivity contribution in [2.75, 3.05) is 5.32 Å². The van der Waals surface area contributed by atoms with Gasteiger partial charge < -0.3 is 10.1 Å². The number of hydrogen-bond acceptors (Lipinski definition) is 4. The number of benzene rings is 1. The predicted octanol–water partition coefficient (Wildman–Crippen LogP) is 2.65. The Bertz CT molecular complexity index is 547. The molecule has 0 heterocycles. The predicted molar refractivity (Wildman–Crippen MR) is 82.3 cm³/mol. The van der Waals surface area contributed by atoms with Crippen LogP contribution in [0, 0.1) is 0 Å². The molecule has 0 bridgehead atoms. The minimum absolute atomic E-state index is 0.155. The molecule has 0 aliphatic heterocycles.